The topological polar surface area (TPSA) is 43.1 Å². The summed E-state index contributed by atoms with van der Waals surface area (Å²) in [5.74, 6) is 2.42. The average molecular weight is 165 g/mol. The Morgan fingerprint density at radius 3 is 2.67 bits per heavy atom. The molecule has 0 fully saturated rings. The van der Waals surface area contributed by atoms with E-state index in [1.807, 2.05) is 20.8 Å². The van der Waals surface area contributed by atoms with E-state index in [4.69, 9.17) is 4.52 Å². The number of aromatic nitrogens is 1. The Kier molecular flexibility index (Phi) is 2.15. The summed E-state index contributed by atoms with van der Waals surface area (Å²) in [6.45, 7) is 6.05. The predicted octanol–water partition coefficient (Wildman–Crippen LogP) is 1.82. The standard InChI is InChI=1S/C9H11NO2/c1-9(2,3)8-6-7(4-5-11)10-12-8/h4,6H,1-3H3. The van der Waals surface area contributed by atoms with Gasteiger partial charge in [-0.25, -0.2) is 4.79 Å². The van der Waals surface area contributed by atoms with Crippen molar-refractivity contribution in [3.05, 3.63) is 17.5 Å². The number of hydrogen-bond acceptors (Lipinski definition) is 3. The first-order valence-electron chi connectivity index (χ1n) is 3.72. The third-order valence-corrected chi connectivity index (χ3v) is 1.47. The van der Waals surface area contributed by atoms with E-state index in [-0.39, 0.29) is 5.41 Å². The van der Waals surface area contributed by atoms with Gasteiger partial charge in [0.25, 0.3) is 0 Å². The quantitative estimate of drug-likeness (QED) is 0.596. The second kappa shape index (κ2) is 2.95. The van der Waals surface area contributed by atoms with Gasteiger partial charge in [0.15, 0.2) is 0 Å². The van der Waals surface area contributed by atoms with Gasteiger partial charge in [-0.05, 0) is 0 Å². The SMILES string of the molecule is CC(C)(C)c1cc(C=C=O)no1. The molecular weight excluding hydrogens is 154 g/mol. The molecule has 0 aliphatic carbocycles. The fraction of sp³-hybridized carbons (Fsp3) is 0.444. The van der Waals surface area contributed by atoms with Crippen LogP contribution in [-0.2, 0) is 10.2 Å². The second-order valence-electron chi connectivity index (χ2n) is 3.63. The summed E-state index contributed by atoms with van der Waals surface area (Å²) >= 11 is 0. The van der Waals surface area contributed by atoms with E-state index in [0.717, 1.165) is 5.76 Å². The van der Waals surface area contributed by atoms with Gasteiger partial charge < -0.3 is 4.52 Å². The number of hydrogen-bond donors (Lipinski definition) is 0. The first-order valence-corrected chi connectivity index (χ1v) is 3.72. The van der Waals surface area contributed by atoms with E-state index in [1.54, 1.807) is 12.0 Å². The molecule has 12 heavy (non-hydrogen) atoms. The van der Waals surface area contributed by atoms with Crippen LogP contribution < -0.4 is 0 Å². The van der Waals surface area contributed by atoms with Crippen LogP contribution in [-0.4, -0.2) is 11.1 Å². The molecule has 0 aromatic carbocycles. The molecule has 0 N–H and O–H groups in total. The van der Waals surface area contributed by atoms with Gasteiger partial charge in [0.2, 0.25) is 0 Å². The third kappa shape index (κ3) is 1.83. The van der Waals surface area contributed by atoms with Crippen molar-refractivity contribution in [2.24, 2.45) is 0 Å². The van der Waals surface area contributed by atoms with Gasteiger partial charge in [0.05, 0.1) is 6.08 Å². The van der Waals surface area contributed by atoms with Crippen LogP contribution in [0, 0.1) is 0 Å². The lowest BCUT2D eigenvalue weighted by atomic mass is 9.93. The minimum absolute atomic E-state index is 0.0675. The first-order chi connectivity index (χ1) is 5.54. The molecule has 0 aliphatic heterocycles. The fourth-order valence-corrected chi connectivity index (χ4v) is 0.771. The van der Waals surface area contributed by atoms with Crippen LogP contribution in [0.3, 0.4) is 0 Å². The number of nitrogens with zero attached hydrogens (tertiary/aromatic N) is 1. The van der Waals surface area contributed by atoms with Crippen molar-refractivity contribution in [2.45, 2.75) is 26.2 Å². The van der Waals surface area contributed by atoms with Crippen LogP contribution in [0.1, 0.15) is 32.2 Å². The summed E-state index contributed by atoms with van der Waals surface area (Å²) < 4.78 is 5.02. The van der Waals surface area contributed by atoms with Crippen LogP contribution in [0.4, 0.5) is 0 Å². The van der Waals surface area contributed by atoms with Gasteiger partial charge in [0, 0.05) is 11.5 Å². The first kappa shape index (κ1) is 8.75. The molecule has 0 aliphatic rings. The average Bonchev–Trinajstić information content (AvgIpc) is 2.35. The Bertz CT molecular complexity index is 314. The monoisotopic (exact) mass is 165 g/mol. The highest BCUT2D eigenvalue weighted by Crippen LogP contribution is 2.22. The van der Waals surface area contributed by atoms with E-state index >= 15 is 0 Å². The van der Waals surface area contributed by atoms with Gasteiger partial charge >= 0.3 is 0 Å². The van der Waals surface area contributed by atoms with Gasteiger partial charge in [-0.2, -0.15) is 0 Å². The molecule has 1 rings (SSSR count). The molecule has 0 bridgehead atoms. The Morgan fingerprint density at radius 1 is 1.58 bits per heavy atom. The second-order valence-corrected chi connectivity index (χ2v) is 3.63. The molecule has 0 unspecified atom stereocenters. The molecule has 1 aromatic heterocycles. The Labute approximate surface area is 71.1 Å². The minimum atomic E-state index is -0.0675. The van der Waals surface area contributed by atoms with Crippen LogP contribution in [0.25, 0.3) is 6.08 Å². The Balaban J connectivity index is 2.99. The van der Waals surface area contributed by atoms with E-state index in [9.17, 15) is 4.79 Å². The van der Waals surface area contributed by atoms with Crippen molar-refractivity contribution >= 4 is 12.0 Å². The summed E-state index contributed by atoms with van der Waals surface area (Å²) in [6, 6.07) is 1.74. The van der Waals surface area contributed by atoms with Crippen LogP contribution in [0.5, 0.6) is 0 Å². The van der Waals surface area contributed by atoms with Gasteiger partial charge in [0.1, 0.15) is 17.4 Å². The minimum Gasteiger partial charge on any atom is -0.360 e. The smallest absolute Gasteiger partial charge is 0.142 e. The normalized spacial score (nSPS) is 10.9. The largest absolute Gasteiger partial charge is 0.360 e. The van der Waals surface area contributed by atoms with E-state index in [0.29, 0.717) is 5.69 Å². The predicted molar refractivity (Wildman–Crippen MR) is 45.4 cm³/mol. The summed E-state index contributed by atoms with van der Waals surface area (Å²) in [5.41, 5.74) is 0.456. The van der Waals surface area contributed by atoms with Crippen LogP contribution in [0.2, 0.25) is 0 Å². The number of carbonyl (C=O) groups excluding carboxylic acids is 1. The molecule has 0 spiro atoms. The van der Waals surface area contributed by atoms with E-state index < -0.39 is 0 Å². The maximum absolute atomic E-state index is 9.97. The zero-order valence-corrected chi connectivity index (χ0v) is 7.42. The molecule has 64 valence electrons. The highest BCUT2D eigenvalue weighted by Gasteiger charge is 2.18. The lowest BCUT2D eigenvalue weighted by Crippen LogP contribution is -2.09. The molecule has 3 nitrogen and oxygen atoms in total. The molecule has 1 aromatic rings. The van der Waals surface area contributed by atoms with Gasteiger partial charge in [-0.3, -0.25) is 0 Å². The lowest BCUT2D eigenvalue weighted by Gasteiger charge is -2.11. The lowest BCUT2D eigenvalue weighted by molar-refractivity contribution is 0.328. The van der Waals surface area contributed by atoms with Crippen molar-refractivity contribution < 1.29 is 9.32 Å². The van der Waals surface area contributed by atoms with E-state index in [2.05, 4.69) is 5.16 Å². The summed E-state index contributed by atoms with van der Waals surface area (Å²) in [4.78, 5) is 9.97. The van der Waals surface area contributed by atoms with Crippen molar-refractivity contribution in [1.82, 2.24) is 5.16 Å². The molecule has 3 heteroatoms. The maximum Gasteiger partial charge on any atom is 0.142 e. The Morgan fingerprint density at radius 2 is 2.25 bits per heavy atom. The van der Waals surface area contributed by atoms with Crippen molar-refractivity contribution in [3.63, 3.8) is 0 Å². The van der Waals surface area contributed by atoms with Crippen LogP contribution in [0.15, 0.2) is 10.6 Å². The molecule has 0 radical (unpaired) electrons. The van der Waals surface area contributed by atoms with E-state index in [1.165, 1.54) is 6.08 Å². The molecule has 0 atom stereocenters. The number of rotatable bonds is 1. The fourth-order valence-electron chi connectivity index (χ4n) is 0.771. The summed E-state index contributed by atoms with van der Waals surface area (Å²) in [6.07, 6.45) is 1.25. The summed E-state index contributed by atoms with van der Waals surface area (Å²) in [5, 5.41) is 3.68. The molecule has 0 saturated heterocycles. The highest BCUT2D eigenvalue weighted by atomic mass is 16.5. The van der Waals surface area contributed by atoms with Gasteiger partial charge in [-0.1, -0.05) is 25.9 Å². The Hall–Kier alpha value is -1.34. The van der Waals surface area contributed by atoms with Crippen molar-refractivity contribution in [2.75, 3.05) is 0 Å². The molecule has 0 amide bonds. The molecule has 0 saturated carbocycles. The van der Waals surface area contributed by atoms with Gasteiger partial charge in [-0.15, -0.1) is 0 Å². The maximum atomic E-state index is 9.97. The zero-order valence-electron chi connectivity index (χ0n) is 7.42. The van der Waals surface area contributed by atoms with Crippen molar-refractivity contribution in [3.8, 4) is 0 Å². The zero-order chi connectivity index (χ0) is 9.19. The van der Waals surface area contributed by atoms with Crippen LogP contribution >= 0.6 is 0 Å². The van der Waals surface area contributed by atoms with Crippen molar-refractivity contribution in [1.29, 1.82) is 0 Å². The summed E-state index contributed by atoms with van der Waals surface area (Å²) in [7, 11) is 0. The molecular formula is C9H11NO2. The third-order valence-electron chi connectivity index (χ3n) is 1.47. The highest BCUT2D eigenvalue weighted by molar-refractivity contribution is 5.72. The molecule has 1 heterocycles.